The third-order valence-electron chi connectivity index (χ3n) is 2.38. The van der Waals surface area contributed by atoms with Gasteiger partial charge in [0.1, 0.15) is 6.33 Å². The minimum Gasteiger partial charge on any atom is -0.281 e. The molecule has 0 fully saturated rings. The molecule has 0 aliphatic rings. The van der Waals surface area contributed by atoms with Crippen molar-refractivity contribution in [1.29, 1.82) is 0 Å². The van der Waals surface area contributed by atoms with Crippen LogP contribution >= 0.6 is 22.9 Å². The van der Waals surface area contributed by atoms with Gasteiger partial charge in [-0.05, 0) is 24.3 Å². The highest BCUT2D eigenvalue weighted by molar-refractivity contribution is 7.19. The van der Waals surface area contributed by atoms with Gasteiger partial charge in [-0.1, -0.05) is 29.8 Å². The smallest absolute Gasteiger partial charge is 0.178 e. The van der Waals surface area contributed by atoms with Crippen LogP contribution in [-0.2, 0) is 0 Å². The Balaban J connectivity index is 2.12. The Hall–Kier alpha value is -1.65. The summed E-state index contributed by atoms with van der Waals surface area (Å²) in [7, 11) is 0. The second-order valence-corrected chi connectivity index (χ2v) is 5.18. The summed E-state index contributed by atoms with van der Waals surface area (Å²) in [5.41, 5.74) is 1.04. The molecule has 0 spiro atoms. The van der Waals surface area contributed by atoms with E-state index in [1.165, 1.54) is 11.3 Å². The fourth-order valence-corrected chi connectivity index (χ4v) is 2.64. The number of thiophene rings is 1. The Labute approximate surface area is 107 Å². The Morgan fingerprint density at radius 1 is 1.06 bits per heavy atom. The molecule has 3 aromatic rings. The van der Waals surface area contributed by atoms with Crippen LogP contribution in [0.1, 0.15) is 0 Å². The molecular weight excluding hydrogens is 254 g/mol. The van der Waals surface area contributed by atoms with Crippen LogP contribution in [0.25, 0.3) is 16.4 Å². The van der Waals surface area contributed by atoms with E-state index >= 15 is 0 Å². The van der Waals surface area contributed by atoms with Crippen molar-refractivity contribution in [3.05, 3.63) is 53.1 Å². The number of para-hydroxylation sites is 1. The molecule has 0 aliphatic carbocycles. The van der Waals surface area contributed by atoms with Gasteiger partial charge in [-0.15, -0.1) is 21.5 Å². The summed E-state index contributed by atoms with van der Waals surface area (Å²) >= 11 is 7.43. The molecule has 2 heterocycles. The van der Waals surface area contributed by atoms with Gasteiger partial charge in [-0.3, -0.25) is 4.57 Å². The molecule has 0 unspecified atom stereocenters. The molecule has 0 amide bonds. The van der Waals surface area contributed by atoms with E-state index < -0.39 is 0 Å². The van der Waals surface area contributed by atoms with Gasteiger partial charge in [0.2, 0.25) is 0 Å². The zero-order valence-electron chi connectivity index (χ0n) is 8.75. The fourth-order valence-electron chi connectivity index (χ4n) is 1.62. The summed E-state index contributed by atoms with van der Waals surface area (Å²) in [6.45, 7) is 0. The third-order valence-corrected chi connectivity index (χ3v) is 3.60. The topological polar surface area (TPSA) is 30.7 Å². The lowest BCUT2D eigenvalue weighted by Gasteiger charge is -2.03. The summed E-state index contributed by atoms with van der Waals surface area (Å²) < 4.78 is 2.70. The number of nitrogens with zero attached hydrogens (tertiary/aromatic N) is 3. The molecule has 2 aromatic heterocycles. The van der Waals surface area contributed by atoms with Crippen molar-refractivity contribution in [2.45, 2.75) is 0 Å². The van der Waals surface area contributed by atoms with Crippen molar-refractivity contribution in [1.82, 2.24) is 14.8 Å². The molecular formula is C12H8ClN3S. The first-order valence-corrected chi connectivity index (χ1v) is 6.25. The maximum atomic E-state index is 5.94. The van der Waals surface area contributed by atoms with Gasteiger partial charge in [0.15, 0.2) is 5.82 Å². The van der Waals surface area contributed by atoms with Gasteiger partial charge in [-0.25, -0.2) is 0 Å². The molecule has 5 heteroatoms. The fraction of sp³-hybridized carbons (Fsp3) is 0. The maximum Gasteiger partial charge on any atom is 0.178 e. The molecule has 0 N–H and O–H groups in total. The molecule has 0 radical (unpaired) electrons. The van der Waals surface area contributed by atoms with Crippen LogP contribution in [0.3, 0.4) is 0 Å². The molecule has 3 nitrogen and oxygen atoms in total. The van der Waals surface area contributed by atoms with E-state index in [4.69, 9.17) is 11.6 Å². The minimum absolute atomic E-state index is 0.752. The van der Waals surface area contributed by atoms with Crippen molar-refractivity contribution in [2.24, 2.45) is 0 Å². The van der Waals surface area contributed by atoms with Gasteiger partial charge in [-0.2, -0.15) is 0 Å². The highest BCUT2D eigenvalue weighted by Gasteiger charge is 2.10. The van der Waals surface area contributed by atoms with E-state index in [-0.39, 0.29) is 0 Å². The van der Waals surface area contributed by atoms with E-state index in [1.807, 2.05) is 47.0 Å². The molecule has 1 aromatic carbocycles. The first-order valence-electron chi connectivity index (χ1n) is 5.06. The Kier molecular flexibility index (Phi) is 2.66. The molecule has 17 heavy (non-hydrogen) atoms. The van der Waals surface area contributed by atoms with E-state index in [2.05, 4.69) is 10.2 Å². The zero-order valence-corrected chi connectivity index (χ0v) is 10.3. The Bertz CT molecular complexity index is 630. The van der Waals surface area contributed by atoms with Crippen LogP contribution in [0.15, 0.2) is 48.8 Å². The lowest BCUT2D eigenvalue weighted by molar-refractivity contribution is 1.07. The average Bonchev–Trinajstić information content (AvgIpc) is 2.98. The normalized spacial score (nSPS) is 10.6. The van der Waals surface area contributed by atoms with Crippen molar-refractivity contribution in [3.63, 3.8) is 0 Å². The number of aromatic nitrogens is 3. The molecule has 0 atom stereocenters. The van der Waals surface area contributed by atoms with Crippen LogP contribution < -0.4 is 0 Å². The lowest BCUT2D eigenvalue weighted by atomic mass is 10.3. The monoisotopic (exact) mass is 261 g/mol. The SMILES string of the molecule is Clc1ccc(-c2nncn2-c2ccccc2)s1. The maximum absolute atomic E-state index is 5.94. The van der Waals surface area contributed by atoms with Crippen molar-refractivity contribution in [3.8, 4) is 16.4 Å². The van der Waals surface area contributed by atoms with Crippen LogP contribution in [0.5, 0.6) is 0 Å². The Morgan fingerprint density at radius 3 is 2.59 bits per heavy atom. The second kappa shape index (κ2) is 4.31. The largest absolute Gasteiger partial charge is 0.281 e. The molecule has 0 saturated heterocycles. The number of hydrogen-bond donors (Lipinski definition) is 0. The summed E-state index contributed by atoms with van der Waals surface area (Å²) in [6, 6.07) is 13.8. The minimum atomic E-state index is 0.752. The quantitative estimate of drug-likeness (QED) is 0.705. The first kappa shape index (κ1) is 10.5. The predicted molar refractivity (Wildman–Crippen MR) is 69.7 cm³/mol. The van der Waals surface area contributed by atoms with Gasteiger partial charge in [0.25, 0.3) is 0 Å². The summed E-state index contributed by atoms with van der Waals surface area (Å²) in [5, 5.41) is 8.10. The summed E-state index contributed by atoms with van der Waals surface area (Å²) in [5.74, 6) is 0.813. The molecule has 3 rings (SSSR count). The van der Waals surface area contributed by atoms with Crippen LogP contribution in [0, 0.1) is 0 Å². The first-order chi connectivity index (χ1) is 8.34. The van der Waals surface area contributed by atoms with Gasteiger partial charge in [0, 0.05) is 5.69 Å². The van der Waals surface area contributed by atoms with Crippen molar-refractivity contribution in [2.75, 3.05) is 0 Å². The van der Waals surface area contributed by atoms with Gasteiger partial charge < -0.3 is 0 Å². The van der Waals surface area contributed by atoms with E-state index in [9.17, 15) is 0 Å². The van der Waals surface area contributed by atoms with Crippen LogP contribution in [0.4, 0.5) is 0 Å². The van der Waals surface area contributed by atoms with E-state index in [0.29, 0.717) is 0 Å². The number of benzene rings is 1. The number of hydrogen-bond acceptors (Lipinski definition) is 3. The van der Waals surface area contributed by atoms with Gasteiger partial charge >= 0.3 is 0 Å². The molecule has 0 aliphatic heterocycles. The lowest BCUT2D eigenvalue weighted by Crippen LogP contribution is -1.94. The van der Waals surface area contributed by atoms with Crippen LogP contribution in [0.2, 0.25) is 4.34 Å². The average molecular weight is 262 g/mol. The van der Waals surface area contributed by atoms with Crippen molar-refractivity contribution >= 4 is 22.9 Å². The third kappa shape index (κ3) is 1.97. The highest BCUT2D eigenvalue weighted by Crippen LogP contribution is 2.30. The standard InChI is InChI=1S/C12H8ClN3S/c13-11-7-6-10(17-11)12-15-14-8-16(12)9-4-2-1-3-5-9/h1-8H. The Morgan fingerprint density at radius 2 is 1.88 bits per heavy atom. The van der Waals surface area contributed by atoms with E-state index in [1.54, 1.807) is 6.33 Å². The van der Waals surface area contributed by atoms with Crippen LogP contribution in [-0.4, -0.2) is 14.8 Å². The van der Waals surface area contributed by atoms with Crippen molar-refractivity contribution < 1.29 is 0 Å². The summed E-state index contributed by atoms with van der Waals surface area (Å²) in [6.07, 6.45) is 1.71. The second-order valence-electron chi connectivity index (χ2n) is 3.46. The van der Waals surface area contributed by atoms with E-state index in [0.717, 1.165) is 20.7 Å². The number of halogens is 1. The molecule has 84 valence electrons. The summed E-state index contributed by atoms with van der Waals surface area (Å²) in [4.78, 5) is 1.01. The highest BCUT2D eigenvalue weighted by atomic mass is 35.5. The van der Waals surface area contributed by atoms with Gasteiger partial charge in [0.05, 0.1) is 9.21 Å². The molecule has 0 saturated carbocycles. The predicted octanol–water partition coefficient (Wildman–Crippen LogP) is 3.65. The zero-order chi connectivity index (χ0) is 11.7. The molecule has 0 bridgehead atoms. The number of rotatable bonds is 2.